The molecule has 0 amide bonds. The van der Waals surface area contributed by atoms with Gasteiger partial charge in [-0.2, -0.15) is 5.10 Å². The minimum Gasteiger partial charge on any atom is -0.496 e. The highest BCUT2D eigenvalue weighted by molar-refractivity contribution is 9.10. The molecule has 0 aliphatic carbocycles. The second-order valence-electron chi connectivity index (χ2n) is 5.64. The lowest BCUT2D eigenvalue weighted by molar-refractivity contribution is 0.145. The van der Waals surface area contributed by atoms with E-state index in [1.165, 1.54) is 36.2 Å². The molecule has 0 bridgehead atoms. The number of aromatic nitrogens is 3. The number of ether oxygens (including phenoxy) is 1. The first-order valence-corrected chi connectivity index (χ1v) is 10.3. The summed E-state index contributed by atoms with van der Waals surface area (Å²) in [5.41, 5.74) is 0.476. The van der Waals surface area contributed by atoms with Gasteiger partial charge in [0.1, 0.15) is 11.4 Å². The van der Waals surface area contributed by atoms with Crippen molar-refractivity contribution in [1.29, 1.82) is 0 Å². The van der Waals surface area contributed by atoms with Crippen LogP contribution in [0.2, 0.25) is 0 Å². The number of benzene rings is 1. The Morgan fingerprint density at radius 3 is 2.52 bits per heavy atom. The molecule has 0 N–H and O–H groups in total. The van der Waals surface area contributed by atoms with Gasteiger partial charge in [0.15, 0.2) is 15.7 Å². The Hall–Kier alpha value is -2.33. The first-order valence-electron chi connectivity index (χ1n) is 7.59. The number of rotatable bonds is 5. The van der Waals surface area contributed by atoms with Crippen molar-refractivity contribution in [2.24, 2.45) is 0 Å². The normalized spacial score (nSPS) is 11.8. The van der Waals surface area contributed by atoms with Gasteiger partial charge in [-0.3, -0.25) is 0 Å². The molecule has 1 aromatic carbocycles. The van der Waals surface area contributed by atoms with Crippen LogP contribution in [0.1, 0.15) is 12.1 Å². The molecule has 0 saturated carbocycles. The monoisotopic (exact) mass is 457 g/mol. The molecular weight excluding hydrogens is 444 g/mol. The van der Waals surface area contributed by atoms with Crippen molar-refractivity contribution in [1.82, 2.24) is 14.8 Å². The molecule has 0 atom stereocenters. The summed E-state index contributed by atoms with van der Waals surface area (Å²) in [6.07, 6.45) is -0.436. The standard InChI is InChI=1S/C17H14BrF2N3O3S/c1-26-15-4-3-10(7-12(15)18)14-9-13(17(19)20)22-23(14)16-8-11(5-6-21-16)27(2,24)25/h3-9,17H,1-2H3. The van der Waals surface area contributed by atoms with E-state index in [4.69, 9.17) is 4.74 Å². The van der Waals surface area contributed by atoms with E-state index in [1.54, 1.807) is 18.2 Å². The SMILES string of the molecule is COc1ccc(-c2cc(C(F)F)nn2-c2cc(S(C)(=O)=O)ccn2)cc1Br. The van der Waals surface area contributed by atoms with Gasteiger partial charge in [-0.05, 0) is 46.3 Å². The van der Waals surface area contributed by atoms with Crippen molar-refractivity contribution in [3.05, 3.63) is 52.8 Å². The molecule has 3 rings (SSSR count). The molecule has 2 aromatic heterocycles. The number of nitrogens with zero attached hydrogens (tertiary/aromatic N) is 3. The average Bonchev–Trinajstić information content (AvgIpc) is 3.07. The summed E-state index contributed by atoms with van der Waals surface area (Å²) in [7, 11) is -1.98. The third-order valence-electron chi connectivity index (χ3n) is 3.76. The molecule has 2 heterocycles. The molecule has 0 aliphatic heterocycles. The van der Waals surface area contributed by atoms with Gasteiger partial charge in [-0.15, -0.1) is 0 Å². The van der Waals surface area contributed by atoms with E-state index in [-0.39, 0.29) is 10.7 Å². The third-order valence-corrected chi connectivity index (χ3v) is 5.49. The van der Waals surface area contributed by atoms with E-state index in [1.807, 2.05) is 0 Å². The first-order chi connectivity index (χ1) is 12.7. The van der Waals surface area contributed by atoms with Crippen molar-refractivity contribution < 1.29 is 21.9 Å². The van der Waals surface area contributed by atoms with Gasteiger partial charge in [0.05, 0.1) is 22.2 Å². The number of hydrogen-bond donors (Lipinski definition) is 0. The van der Waals surface area contributed by atoms with Crippen LogP contribution < -0.4 is 4.74 Å². The summed E-state index contributed by atoms with van der Waals surface area (Å²) in [6, 6.07) is 8.93. The van der Waals surface area contributed by atoms with Crippen molar-refractivity contribution >= 4 is 25.8 Å². The van der Waals surface area contributed by atoms with Crippen LogP contribution in [0.3, 0.4) is 0 Å². The quantitative estimate of drug-likeness (QED) is 0.577. The molecular formula is C17H14BrF2N3O3S. The Balaban J connectivity index is 2.21. The van der Waals surface area contributed by atoms with E-state index >= 15 is 0 Å². The number of methoxy groups -OCH3 is 1. The maximum absolute atomic E-state index is 13.2. The molecule has 142 valence electrons. The highest BCUT2D eigenvalue weighted by Gasteiger charge is 2.20. The van der Waals surface area contributed by atoms with Gasteiger partial charge >= 0.3 is 0 Å². The van der Waals surface area contributed by atoms with Crippen LogP contribution in [0.15, 0.2) is 52.0 Å². The van der Waals surface area contributed by atoms with Crippen molar-refractivity contribution in [2.75, 3.05) is 13.4 Å². The second-order valence-corrected chi connectivity index (χ2v) is 8.51. The lowest BCUT2D eigenvalue weighted by atomic mass is 10.1. The second kappa shape index (κ2) is 7.35. The van der Waals surface area contributed by atoms with Crippen LogP contribution in [-0.2, 0) is 9.84 Å². The van der Waals surface area contributed by atoms with E-state index in [2.05, 4.69) is 26.0 Å². The maximum Gasteiger partial charge on any atom is 0.282 e. The van der Waals surface area contributed by atoms with E-state index < -0.39 is 22.0 Å². The fourth-order valence-corrected chi connectivity index (χ4v) is 3.63. The first kappa shape index (κ1) is 19.4. The molecule has 0 fully saturated rings. The molecule has 0 spiro atoms. The van der Waals surface area contributed by atoms with E-state index in [0.29, 0.717) is 21.5 Å². The molecule has 6 nitrogen and oxygen atoms in total. The van der Waals surface area contributed by atoms with Gasteiger partial charge in [-0.1, -0.05) is 0 Å². The van der Waals surface area contributed by atoms with Gasteiger partial charge in [0.25, 0.3) is 6.43 Å². The topological polar surface area (TPSA) is 74.1 Å². The molecule has 27 heavy (non-hydrogen) atoms. The molecule has 0 unspecified atom stereocenters. The Bertz CT molecular complexity index is 1100. The van der Waals surface area contributed by atoms with Crippen LogP contribution >= 0.6 is 15.9 Å². The summed E-state index contributed by atoms with van der Waals surface area (Å²) < 4.78 is 57.1. The summed E-state index contributed by atoms with van der Waals surface area (Å²) in [5, 5.41) is 3.91. The average molecular weight is 458 g/mol. The predicted molar refractivity (Wildman–Crippen MR) is 99.1 cm³/mol. The van der Waals surface area contributed by atoms with Crippen LogP contribution in [0.4, 0.5) is 8.78 Å². The van der Waals surface area contributed by atoms with Gasteiger partial charge in [-0.25, -0.2) is 26.9 Å². The smallest absolute Gasteiger partial charge is 0.282 e. The third kappa shape index (κ3) is 4.01. The van der Waals surface area contributed by atoms with Crippen LogP contribution in [0, 0.1) is 0 Å². The van der Waals surface area contributed by atoms with Gasteiger partial charge < -0.3 is 4.74 Å². The number of alkyl halides is 2. The molecule has 0 saturated heterocycles. The predicted octanol–water partition coefficient (Wildman–Crippen LogP) is 4.05. The zero-order valence-electron chi connectivity index (χ0n) is 14.2. The number of hydrogen-bond acceptors (Lipinski definition) is 5. The highest BCUT2D eigenvalue weighted by atomic mass is 79.9. The van der Waals surface area contributed by atoms with Crippen LogP contribution in [0.5, 0.6) is 5.75 Å². The Morgan fingerprint density at radius 1 is 1.19 bits per heavy atom. The number of sulfone groups is 1. The molecule has 10 heteroatoms. The van der Waals surface area contributed by atoms with Crippen molar-refractivity contribution in [3.8, 4) is 22.8 Å². The fraction of sp³-hybridized carbons (Fsp3) is 0.176. The van der Waals surface area contributed by atoms with Crippen LogP contribution in [-0.4, -0.2) is 36.5 Å². The minimum absolute atomic E-state index is 0.0171. The summed E-state index contributed by atoms with van der Waals surface area (Å²) in [6.45, 7) is 0. The summed E-state index contributed by atoms with van der Waals surface area (Å²) in [5.74, 6) is 0.697. The highest BCUT2D eigenvalue weighted by Crippen LogP contribution is 2.33. The maximum atomic E-state index is 13.2. The zero-order chi connectivity index (χ0) is 19.8. The Kier molecular flexibility index (Phi) is 5.29. The molecule has 0 radical (unpaired) electrons. The lowest BCUT2D eigenvalue weighted by Gasteiger charge is -2.10. The molecule has 0 aliphatic rings. The Morgan fingerprint density at radius 2 is 1.93 bits per heavy atom. The number of pyridine rings is 1. The lowest BCUT2D eigenvalue weighted by Crippen LogP contribution is -2.05. The van der Waals surface area contributed by atoms with Gasteiger partial charge in [0.2, 0.25) is 0 Å². The summed E-state index contributed by atoms with van der Waals surface area (Å²) in [4.78, 5) is 4.11. The van der Waals surface area contributed by atoms with Crippen molar-refractivity contribution in [3.63, 3.8) is 0 Å². The van der Waals surface area contributed by atoms with E-state index in [0.717, 1.165) is 6.26 Å². The Labute approximate surface area is 162 Å². The number of halogens is 3. The largest absolute Gasteiger partial charge is 0.496 e. The minimum atomic E-state index is -3.49. The molecule has 3 aromatic rings. The van der Waals surface area contributed by atoms with Gasteiger partial charge in [0, 0.05) is 24.1 Å². The zero-order valence-corrected chi connectivity index (χ0v) is 16.6. The summed E-state index contributed by atoms with van der Waals surface area (Å²) >= 11 is 3.36. The fourth-order valence-electron chi connectivity index (χ4n) is 2.46. The van der Waals surface area contributed by atoms with Crippen LogP contribution in [0.25, 0.3) is 17.1 Å². The van der Waals surface area contributed by atoms with Crippen molar-refractivity contribution in [2.45, 2.75) is 11.3 Å². The van der Waals surface area contributed by atoms with E-state index in [9.17, 15) is 17.2 Å².